The third-order valence-electron chi connectivity index (χ3n) is 2.86. The number of aromatic carboxylic acids is 1. The van der Waals surface area contributed by atoms with Crippen LogP contribution >= 0.6 is 11.6 Å². The summed E-state index contributed by atoms with van der Waals surface area (Å²) in [5.41, 5.74) is -0.543. The smallest absolute Gasteiger partial charge is 0.337 e. The van der Waals surface area contributed by atoms with Crippen molar-refractivity contribution in [2.45, 2.75) is 37.5 Å². The lowest BCUT2D eigenvalue weighted by atomic mass is 10.2. The van der Waals surface area contributed by atoms with Crippen LogP contribution in [-0.4, -0.2) is 25.2 Å². The lowest BCUT2D eigenvalue weighted by Gasteiger charge is -2.07. The van der Waals surface area contributed by atoms with Gasteiger partial charge in [-0.3, -0.25) is 0 Å². The van der Waals surface area contributed by atoms with Crippen molar-refractivity contribution in [2.75, 3.05) is 5.75 Å². The highest BCUT2D eigenvalue weighted by atomic mass is 35.5. The zero-order valence-electron chi connectivity index (χ0n) is 11.0. The minimum absolute atomic E-state index is 0.132. The van der Waals surface area contributed by atoms with Gasteiger partial charge in [0, 0.05) is 0 Å². The molecule has 0 aliphatic carbocycles. The average Bonchev–Trinajstić information content (AvgIpc) is 2.37. The average molecular weight is 323 g/mol. The third-order valence-corrected chi connectivity index (χ3v) is 5.02. The van der Waals surface area contributed by atoms with Crippen molar-refractivity contribution in [3.05, 3.63) is 28.5 Å². The molecule has 0 spiro atoms. The van der Waals surface area contributed by atoms with E-state index < -0.39 is 32.2 Å². The van der Waals surface area contributed by atoms with Crippen LogP contribution in [0.15, 0.2) is 17.0 Å². The Bertz CT molecular complexity index is 599. The summed E-state index contributed by atoms with van der Waals surface area (Å²) < 4.78 is 37.6. The number of carboxylic acid groups (broad SMARTS) is 1. The molecule has 1 N–H and O–H groups in total. The van der Waals surface area contributed by atoms with Crippen LogP contribution in [0.4, 0.5) is 4.39 Å². The van der Waals surface area contributed by atoms with E-state index >= 15 is 0 Å². The fraction of sp³-hybridized carbons (Fsp3) is 0.462. The van der Waals surface area contributed by atoms with E-state index in [-0.39, 0.29) is 10.6 Å². The van der Waals surface area contributed by atoms with E-state index in [1.807, 2.05) is 6.92 Å². The second-order valence-corrected chi connectivity index (χ2v) is 6.94. The highest BCUT2D eigenvalue weighted by Crippen LogP contribution is 2.25. The van der Waals surface area contributed by atoms with Crippen molar-refractivity contribution in [3.63, 3.8) is 0 Å². The molecular formula is C13H16ClFO4S. The Morgan fingerprint density at radius 1 is 1.30 bits per heavy atom. The van der Waals surface area contributed by atoms with Gasteiger partial charge in [0.25, 0.3) is 0 Å². The van der Waals surface area contributed by atoms with E-state index in [2.05, 4.69) is 0 Å². The first-order valence-corrected chi connectivity index (χ1v) is 8.27. The molecule has 1 rings (SSSR count). The van der Waals surface area contributed by atoms with Gasteiger partial charge in [0.05, 0.1) is 21.2 Å². The molecule has 0 aromatic heterocycles. The molecule has 0 saturated carbocycles. The molecule has 0 amide bonds. The Balaban J connectivity index is 3.04. The maximum absolute atomic E-state index is 13.5. The molecule has 1 aromatic rings. The molecule has 0 unspecified atom stereocenters. The number of unbranched alkanes of at least 4 members (excludes halogenated alkanes) is 3. The van der Waals surface area contributed by atoms with Gasteiger partial charge in [0.2, 0.25) is 0 Å². The number of hydrogen-bond acceptors (Lipinski definition) is 3. The number of sulfone groups is 1. The topological polar surface area (TPSA) is 71.4 Å². The van der Waals surface area contributed by atoms with Crippen LogP contribution in [0.5, 0.6) is 0 Å². The lowest BCUT2D eigenvalue weighted by Crippen LogP contribution is -2.10. The summed E-state index contributed by atoms with van der Waals surface area (Å²) in [6, 6.07) is 1.67. The Morgan fingerprint density at radius 3 is 2.50 bits per heavy atom. The van der Waals surface area contributed by atoms with Gasteiger partial charge in [0.15, 0.2) is 9.84 Å². The second kappa shape index (κ2) is 7.04. The number of hydrogen-bond donors (Lipinski definition) is 1. The zero-order valence-corrected chi connectivity index (χ0v) is 12.6. The van der Waals surface area contributed by atoms with E-state index in [1.165, 1.54) is 0 Å². The summed E-state index contributed by atoms with van der Waals surface area (Å²) >= 11 is 5.51. The van der Waals surface area contributed by atoms with Crippen LogP contribution in [0.3, 0.4) is 0 Å². The van der Waals surface area contributed by atoms with E-state index in [1.54, 1.807) is 0 Å². The Morgan fingerprint density at radius 2 is 1.95 bits per heavy atom. The first kappa shape index (κ1) is 16.9. The molecule has 0 radical (unpaired) electrons. The molecule has 20 heavy (non-hydrogen) atoms. The van der Waals surface area contributed by atoms with Crippen LogP contribution in [0.25, 0.3) is 0 Å². The second-order valence-electron chi connectivity index (χ2n) is 4.45. The van der Waals surface area contributed by atoms with Crippen LogP contribution < -0.4 is 0 Å². The van der Waals surface area contributed by atoms with Crippen LogP contribution in [0.2, 0.25) is 5.02 Å². The molecule has 1 aromatic carbocycles. The SMILES string of the molecule is CCCCCCS(=O)(=O)c1cc(F)c(Cl)c(C(=O)O)c1. The van der Waals surface area contributed by atoms with Crippen molar-refractivity contribution in [1.29, 1.82) is 0 Å². The highest BCUT2D eigenvalue weighted by Gasteiger charge is 2.21. The van der Waals surface area contributed by atoms with Gasteiger partial charge in [-0.1, -0.05) is 37.8 Å². The largest absolute Gasteiger partial charge is 0.478 e. The molecule has 0 aliphatic heterocycles. The number of halogens is 2. The fourth-order valence-corrected chi connectivity index (χ4v) is 3.33. The van der Waals surface area contributed by atoms with E-state index in [4.69, 9.17) is 16.7 Å². The zero-order chi connectivity index (χ0) is 15.3. The summed E-state index contributed by atoms with van der Waals surface area (Å²) in [5, 5.41) is 8.30. The Labute approximate surface area is 122 Å². The van der Waals surface area contributed by atoms with Gasteiger partial charge in [-0.15, -0.1) is 0 Å². The molecule has 0 bridgehead atoms. The molecule has 112 valence electrons. The predicted molar refractivity (Wildman–Crippen MR) is 74.6 cm³/mol. The first-order chi connectivity index (χ1) is 9.29. The van der Waals surface area contributed by atoms with Gasteiger partial charge in [-0.2, -0.15) is 0 Å². The molecule has 4 nitrogen and oxygen atoms in total. The summed E-state index contributed by atoms with van der Waals surface area (Å²) in [4.78, 5) is 10.6. The maximum Gasteiger partial charge on any atom is 0.337 e. The van der Waals surface area contributed by atoms with Crippen LogP contribution in [-0.2, 0) is 9.84 Å². The molecule has 0 saturated heterocycles. The summed E-state index contributed by atoms with van der Waals surface area (Å²) in [7, 11) is -3.70. The highest BCUT2D eigenvalue weighted by molar-refractivity contribution is 7.91. The maximum atomic E-state index is 13.5. The number of benzene rings is 1. The molecule has 0 aliphatic rings. The predicted octanol–water partition coefficient (Wildman–Crippen LogP) is 3.53. The van der Waals surface area contributed by atoms with E-state index in [0.29, 0.717) is 6.42 Å². The van der Waals surface area contributed by atoms with Crippen molar-refractivity contribution < 1.29 is 22.7 Å². The van der Waals surface area contributed by atoms with Gasteiger partial charge in [-0.25, -0.2) is 17.6 Å². The number of rotatable bonds is 7. The normalized spacial score (nSPS) is 11.6. The summed E-state index contributed by atoms with van der Waals surface area (Å²) in [5.74, 6) is -2.64. The van der Waals surface area contributed by atoms with Crippen LogP contribution in [0, 0.1) is 5.82 Å². The standard InChI is InChI=1S/C13H16ClFO4S/c1-2-3-4-5-6-20(18,19)9-7-10(13(16)17)12(14)11(15)8-9/h7-8H,2-6H2,1H3,(H,16,17). The number of carboxylic acids is 1. The first-order valence-electron chi connectivity index (χ1n) is 6.24. The van der Waals surface area contributed by atoms with E-state index in [9.17, 15) is 17.6 Å². The lowest BCUT2D eigenvalue weighted by molar-refractivity contribution is 0.0696. The van der Waals surface area contributed by atoms with Crippen molar-refractivity contribution >= 4 is 27.4 Å². The van der Waals surface area contributed by atoms with Crippen molar-refractivity contribution in [3.8, 4) is 0 Å². The van der Waals surface area contributed by atoms with Crippen molar-refractivity contribution in [2.24, 2.45) is 0 Å². The van der Waals surface area contributed by atoms with Gasteiger partial charge in [-0.05, 0) is 18.6 Å². The minimum atomic E-state index is -3.70. The van der Waals surface area contributed by atoms with Crippen LogP contribution in [0.1, 0.15) is 43.0 Å². The Kier molecular flexibility index (Phi) is 5.95. The monoisotopic (exact) mass is 322 g/mol. The van der Waals surface area contributed by atoms with Gasteiger partial charge in [0.1, 0.15) is 5.82 Å². The summed E-state index contributed by atoms with van der Waals surface area (Å²) in [6.45, 7) is 2.00. The van der Waals surface area contributed by atoms with E-state index in [0.717, 1.165) is 31.4 Å². The van der Waals surface area contributed by atoms with Gasteiger partial charge >= 0.3 is 5.97 Å². The van der Waals surface area contributed by atoms with Crippen molar-refractivity contribution in [1.82, 2.24) is 0 Å². The summed E-state index contributed by atoms with van der Waals surface area (Å²) in [6.07, 6.45) is 3.12. The molecule has 0 heterocycles. The quantitative estimate of drug-likeness (QED) is 0.779. The third kappa shape index (κ3) is 4.18. The number of carbonyl (C=O) groups is 1. The molecule has 0 atom stereocenters. The minimum Gasteiger partial charge on any atom is -0.478 e. The molecule has 0 fully saturated rings. The molecular weight excluding hydrogens is 307 g/mol. The Hall–Kier alpha value is -1.14. The molecule has 7 heteroatoms. The fourth-order valence-electron chi connectivity index (χ4n) is 1.74. The van der Waals surface area contributed by atoms with Gasteiger partial charge < -0.3 is 5.11 Å².